The van der Waals surface area contributed by atoms with Crippen LogP contribution in [0.15, 0.2) is 54.6 Å². The maximum Gasteiger partial charge on any atom is 0.123 e. The average Bonchev–Trinajstić information content (AvgIpc) is 3.03. The molecule has 2 nitrogen and oxygen atoms in total. The Bertz CT molecular complexity index is 740. The largest absolute Gasteiger partial charge is 0.497 e. The van der Waals surface area contributed by atoms with Gasteiger partial charge in [0, 0.05) is 11.6 Å². The van der Waals surface area contributed by atoms with Crippen molar-refractivity contribution in [2.75, 3.05) is 12.4 Å². The van der Waals surface area contributed by atoms with Gasteiger partial charge in [0.05, 0.1) is 13.2 Å². The Morgan fingerprint density at radius 2 is 2.09 bits per heavy atom. The molecule has 0 bridgehead atoms. The second-order valence-corrected chi connectivity index (χ2v) is 5.98. The van der Waals surface area contributed by atoms with E-state index in [1.807, 2.05) is 12.1 Å². The van der Waals surface area contributed by atoms with Crippen molar-refractivity contribution in [3.63, 3.8) is 0 Å². The summed E-state index contributed by atoms with van der Waals surface area (Å²) in [5.41, 5.74) is 3.40. The number of ether oxygens (including phenoxy) is 1. The first-order chi connectivity index (χ1) is 10.8. The minimum atomic E-state index is -0.178. The van der Waals surface area contributed by atoms with Crippen LogP contribution in [0.1, 0.15) is 29.5 Å². The quantitative estimate of drug-likeness (QED) is 0.814. The Hall–Kier alpha value is -2.29. The maximum absolute atomic E-state index is 13.6. The van der Waals surface area contributed by atoms with Crippen molar-refractivity contribution in [3.05, 3.63) is 71.6 Å². The molecule has 2 aromatic carbocycles. The van der Waals surface area contributed by atoms with E-state index in [2.05, 4.69) is 29.6 Å². The Labute approximate surface area is 129 Å². The molecule has 22 heavy (non-hydrogen) atoms. The predicted molar refractivity (Wildman–Crippen MR) is 85.7 cm³/mol. The van der Waals surface area contributed by atoms with Crippen molar-refractivity contribution in [2.24, 2.45) is 5.92 Å². The predicted octanol–water partition coefficient (Wildman–Crippen LogP) is 4.66. The topological polar surface area (TPSA) is 21.3 Å². The zero-order valence-electron chi connectivity index (χ0n) is 12.4. The average molecular weight is 295 g/mol. The van der Waals surface area contributed by atoms with E-state index < -0.39 is 0 Å². The number of halogens is 1. The molecule has 0 fully saturated rings. The van der Waals surface area contributed by atoms with Crippen LogP contribution in [0.5, 0.6) is 5.75 Å². The zero-order chi connectivity index (χ0) is 15.1. The molecule has 0 saturated heterocycles. The zero-order valence-corrected chi connectivity index (χ0v) is 12.4. The molecule has 2 aromatic rings. The van der Waals surface area contributed by atoms with Gasteiger partial charge in [0.1, 0.15) is 11.6 Å². The lowest BCUT2D eigenvalue weighted by Crippen LogP contribution is -2.29. The fourth-order valence-electron chi connectivity index (χ4n) is 3.73. The van der Waals surface area contributed by atoms with Gasteiger partial charge < -0.3 is 10.1 Å². The molecule has 3 atom stereocenters. The normalized spacial score (nSPS) is 25.3. The van der Waals surface area contributed by atoms with Crippen LogP contribution in [-0.4, -0.2) is 7.11 Å². The monoisotopic (exact) mass is 295 g/mol. The van der Waals surface area contributed by atoms with E-state index >= 15 is 0 Å². The fraction of sp³-hybridized carbons (Fsp3) is 0.263. The Balaban J connectivity index is 1.78. The molecule has 0 unspecified atom stereocenters. The lowest BCUT2D eigenvalue weighted by Gasteiger charge is -2.37. The molecule has 0 saturated carbocycles. The Kier molecular flexibility index (Phi) is 3.14. The van der Waals surface area contributed by atoms with Crippen LogP contribution in [-0.2, 0) is 0 Å². The van der Waals surface area contributed by atoms with E-state index in [0.717, 1.165) is 23.4 Å². The van der Waals surface area contributed by atoms with E-state index in [-0.39, 0.29) is 11.9 Å². The summed E-state index contributed by atoms with van der Waals surface area (Å²) in [7, 11) is 1.69. The summed E-state index contributed by atoms with van der Waals surface area (Å²) in [6, 6.07) is 13.2. The molecule has 1 aliphatic carbocycles. The second-order valence-electron chi connectivity index (χ2n) is 5.98. The molecule has 3 heteroatoms. The van der Waals surface area contributed by atoms with Crippen LogP contribution >= 0.6 is 0 Å². The Morgan fingerprint density at radius 3 is 2.91 bits per heavy atom. The SMILES string of the molecule is COc1ccc2c(c1)[C@@H]1C=CC[C@@H]1[C@H](c1cccc(F)c1)N2. The van der Waals surface area contributed by atoms with E-state index in [1.54, 1.807) is 19.2 Å². The number of hydrogen-bond donors (Lipinski definition) is 1. The summed E-state index contributed by atoms with van der Waals surface area (Å²) >= 11 is 0. The molecule has 0 radical (unpaired) electrons. The first-order valence-electron chi connectivity index (χ1n) is 7.63. The van der Waals surface area contributed by atoms with Crippen molar-refractivity contribution in [2.45, 2.75) is 18.4 Å². The molecule has 0 spiro atoms. The number of allylic oxidation sites excluding steroid dienone is 2. The van der Waals surface area contributed by atoms with Gasteiger partial charge in [0.25, 0.3) is 0 Å². The standard InChI is InChI=1S/C19H18FNO/c1-22-14-8-9-18-17(11-14)15-6-3-7-16(15)19(21-18)12-4-2-5-13(20)10-12/h2-6,8-11,15-16,19,21H,7H2,1H3/t15-,16+,19+/m1/s1. The molecule has 4 rings (SSSR count). The van der Waals surface area contributed by atoms with Crippen LogP contribution in [0.2, 0.25) is 0 Å². The van der Waals surface area contributed by atoms with Crippen LogP contribution in [0.4, 0.5) is 10.1 Å². The highest BCUT2D eigenvalue weighted by Crippen LogP contribution is 2.50. The molecule has 1 heterocycles. The summed E-state index contributed by atoms with van der Waals surface area (Å²) in [5, 5.41) is 3.60. The number of methoxy groups -OCH3 is 1. The molecular weight excluding hydrogens is 277 g/mol. The summed E-state index contributed by atoms with van der Waals surface area (Å²) in [5.74, 6) is 1.48. The number of anilines is 1. The van der Waals surface area contributed by atoms with Crippen LogP contribution in [0.3, 0.4) is 0 Å². The van der Waals surface area contributed by atoms with Gasteiger partial charge in [-0.2, -0.15) is 0 Å². The van der Waals surface area contributed by atoms with Crippen molar-refractivity contribution in [1.29, 1.82) is 0 Å². The van der Waals surface area contributed by atoms with Crippen molar-refractivity contribution >= 4 is 5.69 Å². The van der Waals surface area contributed by atoms with Crippen LogP contribution in [0, 0.1) is 11.7 Å². The van der Waals surface area contributed by atoms with Gasteiger partial charge in [-0.15, -0.1) is 0 Å². The van der Waals surface area contributed by atoms with Crippen molar-refractivity contribution < 1.29 is 9.13 Å². The molecule has 112 valence electrons. The van der Waals surface area contributed by atoms with Gasteiger partial charge in [0.2, 0.25) is 0 Å². The minimum Gasteiger partial charge on any atom is -0.497 e. The third-order valence-electron chi connectivity index (χ3n) is 4.78. The van der Waals surface area contributed by atoms with Crippen LogP contribution in [0.25, 0.3) is 0 Å². The number of fused-ring (bicyclic) bond motifs is 3. The van der Waals surface area contributed by atoms with Gasteiger partial charge in [0.15, 0.2) is 0 Å². The lowest BCUT2D eigenvalue weighted by molar-refractivity contribution is 0.405. The van der Waals surface area contributed by atoms with Gasteiger partial charge in [-0.3, -0.25) is 0 Å². The molecule has 2 aliphatic rings. The van der Waals surface area contributed by atoms with E-state index in [9.17, 15) is 4.39 Å². The van der Waals surface area contributed by atoms with Gasteiger partial charge in [-0.25, -0.2) is 4.39 Å². The van der Waals surface area contributed by atoms with Crippen molar-refractivity contribution in [1.82, 2.24) is 0 Å². The first kappa shape index (κ1) is 13.4. The van der Waals surface area contributed by atoms with Crippen LogP contribution < -0.4 is 10.1 Å². The molecule has 1 aliphatic heterocycles. The van der Waals surface area contributed by atoms with E-state index in [4.69, 9.17) is 4.74 Å². The highest BCUT2D eigenvalue weighted by molar-refractivity contribution is 5.61. The third-order valence-corrected chi connectivity index (χ3v) is 4.78. The fourth-order valence-corrected chi connectivity index (χ4v) is 3.73. The third kappa shape index (κ3) is 2.08. The van der Waals surface area contributed by atoms with Gasteiger partial charge >= 0.3 is 0 Å². The summed E-state index contributed by atoms with van der Waals surface area (Å²) in [6.45, 7) is 0. The molecule has 1 N–H and O–H groups in total. The maximum atomic E-state index is 13.6. The summed E-state index contributed by atoms with van der Waals surface area (Å²) in [4.78, 5) is 0. The summed E-state index contributed by atoms with van der Waals surface area (Å²) < 4.78 is 19.0. The second kappa shape index (κ2) is 5.16. The smallest absolute Gasteiger partial charge is 0.123 e. The highest BCUT2D eigenvalue weighted by atomic mass is 19.1. The Morgan fingerprint density at radius 1 is 1.18 bits per heavy atom. The molecular formula is C19H18FNO. The number of rotatable bonds is 2. The highest BCUT2D eigenvalue weighted by Gasteiger charge is 2.38. The first-order valence-corrected chi connectivity index (χ1v) is 7.63. The number of hydrogen-bond acceptors (Lipinski definition) is 2. The molecule has 0 aromatic heterocycles. The van der Waals surface area contributed by atoms with E-state index in [0.29, 0.717) is 11.8 Å². The summed E-state index contributed by atoms with van der Waals surface area (Å²) in [6.07, 6.45) is 5.52. The number of nitrogens with one attached hydrogen (secondary N) is 1. The molecule has 0 amide bonds. The van der Waals surface area contributed by atoms with E-state index in [1.165, 1.54) is 11.6 Å². The number of benzene rings is 2. The lowest BCUT2D eigenvalue weighted by atomic mass is 9.77. The van der Waals surface area contributed by atoms with Gasteiger partial charge in [-0.05, 0) is 53.8 Å². The minimum absolute atomic E-state index is 0.136. The van der Waals surface area contributed by atoms with Crippen molar-refractivity contribution in [3.8, 4) is 5.75 Å². The van der Waals surface area contributed by atoms with Gasteiger partial charge in [-0.1, -0.05) is 24.3 Å².